The highest BCUT2D eigenvalue weighted by atomic mass is 15.0. The quantitative estimate of drug-likeness (QED) is 0.731. The third-order valence-electron chi connectivity index (χ3n) is 2.67. The third-order valence-corrected chi connectivity index (χ3v) is 2.67. The first-order chi connectivity index (χ1) is 8.18. The van der Waals surface area contributed by atoms with E-state index in [1.54, 1.807) is 6.20 Å². The first-order valence-corrected chi connectivity index (χ1v) is 6.27. The fourth-order valence-electron chi connectivity index (χ4n) is 1.73. The van der Waals surface area contributed by atoms with Crippen LogP contribution in [0.1, 0.15) is 52.2 Å². The normalized spacial score (nSPS) is 9.44. The van der Waals surface area contributed by atoms with E-state index in [9.17, 15) is 0 Å². The van der Waals surface area contributed by atoms with Crippen molar-refractivity contribution in [3.8, 4) is 5.69 Å². The van der Waals surface area contributed by atoms with E-state index >= 15 is 0 Å². The molecule has 1 aromatic carbocycles. The fraction of sp³-hybridized carbons (Fsp3) is 0.438. The Bertz CT molecular complexity index is 442. The smallest absolute Gasteiger partial charge is 0.0991 e. The molecule has 0 spiro atoms. The van der Waals surface area contributed by atoms with Crippen LogP contribution < -0.4 is 0 Å². The molecule has 0 aliphatic rings. The van der Waals surface area contributed by atoms with Gasteiger partial charge in [-0.25, -0.2) is 4.98 Å². The molecule has 0 unspecified atom stereocenters. The van der Waals surface area contributed by atoms with Crippen molar-refractivity contribution in [2.24, 2.45) is 0 Å². The third kappa shape index (κ3) is 3.73. The molecule has 2 heteroatoms. The van der Waals surface area contributed by atoms with Gasteiger partial charge in [-0.15, -0.1) is 0 Å². The number of aromatic nitrogens is 2. The number of hydrogen-bond donors (Lipinski definition) is 0. The van der Waals surface area contributed by atoms with Gasteiger partial charge in [-0.1, -0.05) is 47.3 Å². The maximum Gasteiger partial charge on any atom is 0.0991 e. The summed E-state index contributed by atoms with van der Waals surface area (Å²) < 4.78 is 2.04. The molecule has 0 aliphatic heterocycles. The van der Waals surface area contributed by atoms with Crippen molar-refractivity contribution in [2.75, 3.05) is 0 Å². The SMILES string of the molecule is C.CC.Cc1cc(C(C)C)ccc1-n1ccnc1. The molecule has 0 fully saturated rings. The van der Waals surface area contributed by atoms with Crippen LogP contribution in [0.25, 0.3) is 5.69 Å². The summed E-state index contributed by atoms with van der Waals surface area (Å²) in [4.78, 5) is 4.06. The van der Waals surface area contributed by atoms with Gasteiger partial charge in [-0.2, -0.15) is 0 Å². The molecule has 0 N–H and O–H groups in total. The molecule has 0 aliphatic carbocycles. The van der Waals surface area contributed by atoms with Gasteiger partial charge in [0.2, 0.25) is 0 Å². The molecule has 0 saturated heterocycles. The van der Waals surface area contributed by atoms with Crippen LogP contribution in [0.5, 0.6) is 0 Å². The van der Waals surface area contributed by atoms with Crippen LogP contribution >= 0.6 is 0 Å². The van der Waals surface area contributed by atoms with Crippen molar-refractivity contribution in [3.63, 3.8) is 0 Å². The molecule has 0 atom stereocenters. The van der Waals surface area contributed by atoms with Gasteiger partial charge in [0.1, 0.15) is 0 Å². The van der Waals surface area contributed by atoms with Gasteiger partial charge in [-0.05, 0) is 30.0 Å². The minimum Gasteiger partial charge on any atom is -0.306 e. The van der Waals surface area contributed by atoms with Crippen LogP contribution in [0.15, 0.2) is 36.9 Å². The van der Waals surface area contributed by atoms with Crippen molar-refractivity contribution in [3.05, 3.63) is 48.0 Å². The molecule has 100 valence electrons. The first kappa shape index (κ1) is 16.4. The summed E-state index contributed by atoms with van der Waals surface area (Å²) in [6, 6.07) is 6.60. The van der Waals surface area contributed by atoms with Crippen molar-refractivity contribution in [1.29, 1.82) is 0 Å². The Kier molecular flexibility index (Phi) is 7.03. The molecule has 2 nitrogen and oxygen atoms in total. The summed E-state index contributed by atoms with van der Waals surface area (Å²) in [5.41, 5.74) is 3.88. The molecule has 2 rings (SSSR count). The Morgan fingerprint density at radius 3 is 2.28 bits per heavy atom. The maximum absolute atomic E-state index is 4.06. The molecular weight excluding hydrogens is 220 g/mol. The predicted molar refractivity (Wildman–Crippen MR) is 80.5 cm³/mol. The van der Waals surface area contributed by atoms with Gasteiger partial charge < -0.3 is 4.57 Å². The Morgan fingerprint density at radius 2 is 1.83 bits per heavy atom. The average molecular weight is 246 g/mol. The highest BCUT2D eigenvalue weighted by Crippen LogP contribution is 2.20. The van der Waals surface area contributed by atoms with Gasteiger partial charge in [0.05, 0.1) is 6.33 Å². The minimum atomic E-state index is 0. The van der Waals surface area contributed by atoms with Gasteiger partial charge in [0, 0.05) is 18.1 Å². The summed E-state index contributed by atoms with van der Waals surface area (Å²) in [5, 5.41) is 0. The highest BCUT2D eigenvalue weighted by Gasteiger charge is 2.04. The van der Waals surface area contributed by atoms with Gasteiger partial charge in [-0.3, -0.25) is 0 Å². The van der Waals surface area contributed by atoms with E-state index in [-0.39, 0.29) is 7.43 Å². The number of aryl methyl sites for hydroxylation is 1. The van der Waals surface area contributed by atoms with Crippen LogP contribution in [-0.4, -0.2) is 9.55 Å². The average Bonchev–Trinajstić information content (AvgIpc) is 2.85. The van der Waals surface area contributed by atoms with Crippen molar-refractivity contribution in [2.45, 2.75) is 48.0 Å². The van der Waals surface area contributed by atoms with E-state index in [0.717, 1.165) is 0 Å². The summed E-state index contributed by atoms with van der Waals surface area (Å²) in [5.74, 6) is 0.584. The van der Waals surface area contributed by atoms with Gasteiger partial charge >= 0.3 is 0 Å². The Labute approximate surface area is 112 Å². The summed E-state index contributed by atoms with van der Waals surface area (Å²) in [7, 11) is 0. The lowest BCUT2D eigenvalue weighted by atomic mass is 10.0. The van der Waals surface area contributed by atoms with Crippen molar-refractivity contribution >= 4 is 0 Å². The first-order valence-electron chi connectivity index (χ1n) is 6.27. The van der Waals surface area contributed by atoms with Crippen LogP contribution in [0, 0.1) is 6.92 Å². The number of nitrogens with zero attached hydrogens (tertiary/aromatic N) is 2. The zero-order valence-electron chi connectivity index (χ0n) is 11.4. The molecule has 0 amide bonds. The van der Waals surface area contributed by atoms with Crippen LogP contribution in [0.2, 0.25) is 0 Å². The maximum atomic E-state index is 4.06. The lowest BCUT2D eigenvalue weighted by Gasteiger charge is -2.11. The largest absolute Gasteiger partial charge is 0.306 e. The Morgan fingerprint density at radius 1 is 1.17 bits per heavy atom. The van der Waals surface area contributed by atoms with Crippen LogP contribution in [0.3, 0.4) is 0 Å². The number of imidazole rings is 1. The van der Waals surface area contributed by atoms with E-state index in [1.165, 1.54) is 16.8 Å². The molecule has 0 radical (unpaired) electrons. The zero-order chi connectivity index (χ0) is 12.8. The lowest BCUT2D eigenvalue weighted by molar-refractivity contribution is 0.862. The second-order valence-corrected chi connectivity index (χ2v) is 4.17. The van der Waals surface area contributed by atoms with E-state index in [0.29, 0.717) is 5.92 Å². The molecular formula is C16H26N2. The summed E-state index contributed by atoms with van der Waals surface area (Å²) in [6.45, 7) is 10.6. The van der Waals surface area contributed by atoms with Gasteiger partial charge in [0.15, 0.2) is 0 Å². The molecule has 2 aromatic rings. The van der Waals surface area contributed by atoms with E-state index < -0.39 is 0 Å². The number of rotatable bonds is 2. The highest BCUT2D eigenvalue weighted by molar-refractivity contribution is 5.43. The molecule has 0 saturated carbocycles. The predicted octanol–water partition coefficient (Wildman–Crippen LogP) is 4.97. The lowest BCUT2D eigenvalue weighted by Crippen LogP contribution is -1.96. The van der Waals surface area contributed by atoms with Gasteiger partial charge in [0.25, 0.3) is 0 Å². The molecule has 18 heavy (non-hydrogen) atoms. The zero-order valence-corrected chi connectivity index (χ0v) is 11.4. The second kappa shape index (κ2) is 7.70. The standard InChI is InChI=1S/C13H16N2.C2H6.CH4/c1-10(2)12-4-5-13(11(3)8-12)15-7-6-14-9-15;1-2;/h4-10H,1-3H3;1-2H3;1H4. The fourth-order valence-corrected chi connectivity index (χ4v) is 1.73. The van der Waals surface area contributed by atoms with E-state index in [2.05, 4.69) is 44.0 Å². The van der Waals surface area contributed by atoms with Crippen LogP contribution in [0.4, 0.5) is 0 Å². The summed E-state index contributed by atoms with van der Waals surface area (Å²) in [6.07, 6.45) is 5.60. The topological polar surface area (TPSA) is 17.8 Å². The minimum absolute atomic E-state index is 0. The monoisotopic (exact) mass is 246 g/mol. The van der Waals surface area contributed by atoms with E-state index in [4.69, 9.17) is 0 Å². The summed E-state index contributed by atoms with van der Waals surface area (Å²) >= 11 is 0. The number of hydrogen-bond acceptors (Lipinski definition) is 1. The molecule has 1 aromatic heterocycles. The van der Waals surface area contributed by atoms with Crippen molar-refractivity contribution < 1.29 is 0 Å². The number of benzene rings is 1. The van der Waals surface area contributed by atoms with E-state index in [1.807, 2.05) is 30.9 Å². The van der Waals surface area contributed by atoms with Crippen molar-refractivity contribution in [1.82, 2.24) is 9.55 Å². The molecule has 1 heterocycles. The van der Waals surface area contributed by atoms with Crippen LogP contribution in [-0.2, 0) is 0 Å². The Balaban J connectivity index is 0.000000917. The molecule has 0 bridgehead atoms. The Hall–Kier alpha value is -1.57. The second-order valence-electron chi connectivity index (χ2n) is 4.17.